The van der Waals surface area contributed by atoms with Gasteiger partial charge in [-0.25, -0.2) is 0 Å². The van der Waals surface area contributed by atoms with Crippen molar-refractivity contribution < 1.29 is 0 Å². The molecule has 2 heterocycles. The molecule has 2 aliphatic rings. The highest BCUT2D eigenvalue weighted by Crippen LogP contribution is 2.35. The number of para-hydroxylation sites is 1. The molecule has 1 aromatic rings. The maximum absolute atomic E-state index is 3.60. The number of aryl methyl sites for hydroxylation is 1. The fourth-order valence-corrected chi connectivity index (χ4v) is 4.09. The maximum atomic E-state index is 3.60. The first-order valence-corrected chi connectivity index (χ1v) is 8.37. The first-order chi connectivity index (χ1) is 9.83. The first-order valence-electron chi connectivity index (χ1n) is 8.37. The summed E-state index contributed by atoms with van der Waals surface area (Å²) in [5, 5.41) is 3.60. The summed E-state index contributed by atoms with van der Waals surface area (Å²) in [6, 6.07) is 9.06. The Labute approximate surface area is 123 Å². The van der Waals surface area contributed by atoms with Crippen LogP contribution in [-0.4, -0.2) is 26.2 Å². The van der Waals surface area contributed by atoms with Gasteiger partial charge in [-0.1, -0.05) is 31.5 Å². The molecule has 1 N–H and O–H groups in total. The highest BCUT2D eigenvalue weighted by molar-refractivity contribution is 5.54. The van der Waals surface area contributed by atoms with Gasteiger partial charge in [-0.05, 0) is 50.3 Å². The van der Waals surface area contributed by atoms with Gasteiger partial charge in [0.25, 0.3) is 0 Å². The van der Waals surface area contributed by atoms with Gasteiger partial charge in [0, 0.05) is 30.7 Å². The van der Waals surface area contributed by atoms with Crippen LogP contribution in [0.2, 0.25) is 0 Å². The summed E-state index contributed by atoms with van der Waals surface area (Å²) in [6.45, 7) is 7.22. The van der Waals surface area contributed by atoms with Crippen LogP contribution in [0.5, 0.6) is 0 Å². The first kappa shape index (κ1) is 13.9. The van der Waals surface area contributed by atoms with E-state index in [0.29, 0.717) is 5.41 Å². The van der Waals surface area contributed by atoms with Gasteiger partial charge in [0.1, 0.15) is 0 Å². The summed E-state index contributed by atoms with van der Waals surface area (Å²) < 4.78 is 0. The third kappa shape index (κ3) is 2.85. The lowest BCUT2D eigenvalue weighted by Gasteiger charge is -2.36. The minimum absolute atomic E-state index is 0.506. The van der Waals surface area contributed by atoms with Gasteiger partial charge in [-0.3, -0.25) is 0 Å². The summed E-state index contributed by atoms with van der Waals surface area (Å²) in [7, 11) is 0. The normalized spacial score (nSPS) is 26.4. The summed E-state index contributed by atoms with van der Waals surface area (Å²) in [5.74, 6) is 0. The lowest BCUT2D eigenvalue weighted by Crippen LogP contribution is -2.40. The summed E-state index contributed by atoms with van der Waals surface area (Å²) >= 11 is 0. The zero-order chi connectivity index (χ0) is 13.8. The predicted molar refractivity (Wildman–Crippen MR) is 86.4 cm³/mol. The fourth-order valence-electron chi connectivity index (χ4n) is 4.09. The van der Waals surface area contributed by atoms with Crippen molar-refractivity contribution in [3.8, 4) is 0 Å². The lowest BCUT2D eigenvalue weighted by atomic mass is 9.81. The number of fused-ring (bicyclic) bond motifs is 1. The van der Waals surface area contributed by atoms with E-state index in [4.69, 9.17) is 0 Å². The molecule has 1 saturated heterocycles. The monoisotopic (exact) mass is 272 g/mol. The number of nitrogens with zero attached hydrogens (tertiary/aromatic N) is 1. The van der Waals surface area contributed by atoms with Crippen LogP contribution in [0.3, 0.4) is 0 Å². The zero-order valence-corrected chi connectivity index (χ0v) is 12.8. The topological polar surface area (TPSA) is 15.3 Å². The van der Waals surface area contributed by atoms with E-state index in [1.54, 1.807) is 5.56 Å². The second kappa shape index (κ2) is 6.17. The Bertz CT molecular complexity index is 435. The molecule has 3 rings (SSSR count). The van der Waals surface area contributed by atoms with E-state index >= 15 is 0 Å². The lowest BCUT2D eigenvalue weighted by molar-refractivity contribution is 0.295. The van der Waals surface area contributed by atoms with E-state index in [0.717, 1.165) is 0 Å². The Kier molecular flexibility index (Phi) is 4.30. The van der Waals surface area contributed by atoms with Crippen molar-refractivity contribution in [1.82, 2.24) is 5.32 Å². The molecule has 1 fully saturated rings. The smallest absolute Gasteiger partial charge is 0.0398 e. The summed E-state index contributed by atoms with van der Waals surface area (Å²) in [4.78, 5) is 2.69. The quantitative estimate of drug-likeness (QED) is 0.901. The van der Waals surface area contributed by atoms with Crippen molar-refractivity contribution in [3.63, 3.8) is 0 Å². The molecule has 1 atom stereocenters. The van der Waals surface area contributed by atoms with Crippen LogP contribution in [0.25, 0.3) is 0 Å². The largest absolute Gasteiger partial charge is 0.371 e. The van der Waals surface area contributed by atoms with Crippen molar-refractivity contribution in [2.75, 3.05) is 31.1 Å². The van der Waals surface area contributed by atoms with Gasteiger partial charge >= 0.3 is 0 Å². The van der Waals surface area contributed by atoms with Crippen molar-refractivity contribution in [1.29, 1.82) is 0 Å². The molecule has 20 heavy (non-hydrogen) atoms. The number of benzene rings is 1. The van der Waals surface area contributed by atoms with Gasteiger partial charge in [0.15, 0.2) is 0 Å². The summed E-state index contributed by atoms with van der Waals surface area (Å²) in [5.41, 5.74) is 3.57. The molecule has 0 radical (unpaired) electrons. The van der Waals surface area contributed by atoms with Crippen molar-refractivity contribution >= 4 is 5.69 Å². The standard InChI is InChI=1S/C18H28N2/c1-2-10-18(11-12-19-14-18)15-20-13-6-5-8-16-7-3-4-9-17(16)20/h3-4,7,9,19H,2,5-6,8,10-15H2,1H3. The van der Waals surface area contributed by atoms with E-state index in [2.05, 4.69) is 41.4 Å². The summed E-state index contributed by atoms with van der Waals surface area (Å²) in [6.07, 6.45) is 7.94. The van der Waals surface area contributed by atoms with Gasteiger partial charge in [-0.15, -0.1) is 0 Å². The molecule has 2 heteroatoms. The Morgan fingerprint density at radius 1 is 1.25 bits per heavy atom. The van der Waals surface area contributed by atoms with Crippen molar-refractivity contribution in [2.24, 2.45) is 5.41 Å². The molecule has 2 nitrogen and oxygen atoms in total. The van der Waals surface area contributed by atoms with Crippen LogP contribution < -0.4 is 10.2 Å². The van der Waals surface area contributed by atoms with E-state index in [-0.39, 0.29) is 0 Å². The number of rotatable bonds is 4. The molecule has 0 amide bonds. The average Bonchev–Trinajstić information content (AvgIpc) is 2.82. The van der Waals surface area contributed by atoms with Crippen LogP contribution in [0.1, 0.15) is 44.6 Å². The third-order valence-corrected chi connectivity index (χ3v) is 5.10. The van der Waals surface area contributed by atoms with Crippen molar-refractivity contribution in [2.45, 2.75) is 45.4 Å². The molecule has 0 spiro atoms. The van der Waals surface area contributed by atoms with Gasteiger partial charge in [0.05, 0.1) is 0 Å². The van der Waals surface area contributed by atoms with Crippen LogP contribution in [0, 0.1) is 5.41 Å². The van der Waals surface area contributed by atoms with E-state index in [1.165, 1.54) is 70.4 Å². The average molecular weight is 272 g/mol. The molecule has 1 aromatic carbocycles. The number of nitrogens with one attached hydrogen (secondary N) is 1. The highest BCUT2D eigenvalue weighted by atomic mass is 15.1. The number of hydrogen-bond donors (Lipinski definition) is 1. The van der Waals surface area contributed by atoms with Gasteiger partial charge in [-0.2, -0.15) is 0 Å². The molecular weight excluding hydrogens is 244 g/mol. The molecular formula is C18H28N2. The maximum Gasteiger partial charge on any atom is 0.0398 e. The molecule has 2 aliphatic heterocycles. The molecule has 0 saturated carbocycles. The third-order valence-electron chi connectivity index (χ3n) is 5.10. The number of hydrogen-bond acceptors (Lipinski definition) is 2. The van der Waals surface area contributed by atoms with Crippen LogP contribution >= 0.6 is 0 Å². The van der Waals surface area contributed by atoms with E-state index < -0.39 is 0 Å². The molecule has 0 aliphatic carbocycles. The van der Waals surface area contributed by atoms with Crippen LogP contribution in [0.15, 0.2) is 24.3 Å². The van der Waals surface area contributed by atoms with Crippen molar-refractivity contribution in [3.05, 3.63) is 29.8 Å². The molecule has 1 unspecified atom stereocenters. The SMILES string of the molecule is CCCC1(CN2CCCCc3ccccc32)CCNC1. The Morgan fingerprint density at radius 2 is 2.15 bits per heavy atom. The molecule has 110 valence electrons. The molecule has 0 aromatic heterocycles. The Hall–Kier alpha value is -1.02. The molecule has 0 bridgehead atoms. The van der Waals surface area contributed by atoms with E-state index in [9.17, 15) is 0 Å². The Balaban J connectivity index is 1.82. The van der Waals surface area contributed by atoms with Crippen LogP contribution in [-0.2, 0) is 6.42 Å². The zero-order valence-electron chi connectivity index (χ0n) is 12.8. The highest BCUT2D eigenvalue weighted by Gasteiger charge is 2.35. The Morgan fingerprint density at radius 3 is 2.95 bits per heavy atom. The van der Waals surface area contributed by atoms with Gasteiger partial charge in [0.2, 0.25) is 0 Å². The van der Waals surface area contributed by atoms with E-state index in [1.807, 2.05) is 0 Å². The second-order valence-corrected chi connectivity index (χ2v) is 6.68. The minimum atomic E-state index is 0.506. The van der Waals surface area contributed by atoms with Gasteiger partial charge < -0.3 is 10.2 Å². The van der Waals surface area contributed by atoms with Crippen LogP contribution in [0.4, 0.5) is 5.69 Å². The minimum Gasteiger partial charge on any atom is -0.371 e. The predicted octanol–water partition coefficient (Wildman–Crippen LogP) is 3.61. The fraction of sp³-hybridized carbons (Fsp3) is 0.667. The second-order valence-electron chi connectivity index (χ2n) is 6.68. The number of anilines is 1.